The Kier molecular flexibility index (Phi) is 6.67. The van der Waals surface area contributed by atoms with Crippen molar-refractivity contribution in [2.24, 2.45) is 0 Å². The van der Waals surface area contributed by atoms with Gasteiger partial charge < -0.3 is 19.3 Å². The largest absolute Gasteiger partial charge is 0.478 e. The average Bonchev–Trinajstić information content (AvgIpc) is 3.57. The number of rotatable bonds is 6. The van der Waals surface area contributed by atoms with Crippen LogP contribution >= 0.6 is 34.5 Å². The lowest BCUT2D eigenvalue weighted by Gasteiger charge is -2.38. The summed E-state index contributed by atoms with van der Waals surface area (Å²) < 4.78 is 27.0. The molecule has 2 aliphatic heterocycles. The number of piperidine rings is 1. The molecule has 3 fully saturated rings. The van der Waals surface area contributed by atoms with Crippen LogP contribution in [0.15, 0.2) is 34.9 Å². The van der Waals surface area contributed by atoms with Crippen molar-refractivity contribution in [3.8, 4) is 11.3 Å². The number of benzene rings is 2. The zero-order valence-corrected chi connectivity index (χ0v) is 23.9. The van der Waals surface area contributed by atoms with Crippen molar-refractivity contribution in [2.75, 3.05) is 4.90 Å². The number of aromatic nitrogens is 2. The van der Waals surface area contributed by atoms with E-state index in [1.165, 1.54) is 17.4 Å². The van der Waals surface area contributed by atoms with Gasteiger partial charge in [-0.05, 0) is 49.9 Å². The molecule has 4 heterocycles. The highest BCUT2D eigenvalue weighted by molar-refractivity contribution is 7.22. The van der Waals surface area contributed by atoms with Crippen LogP contribution in [0.5, 0.6) is 0 Å². The number of ether oxygens (including phenoxy) is 1. The monoisotopic (exact) mass is 615 g/mol. The number of fused-ring (bicyclic) bond motifs is 3. The van der Waals surface area contributed by atoms with Gasteiger partial charge in [0.25, 0.3) is 0 Å². The molecule has 41 heavy (non-hydrogen) atoms. The quantitative estimate of drug-likeness (QED) is 0.220. The Morgan fingerprint density at radius 2 is 1.80 bits per heavy atom. The fraction of sp³-hybridized carbons (Fsp3) is 0.379. The number of esters is 1. The summed E-state index contributed by atoms with van der Waals surface area (Å²) >= 11 is 14.2. The van der Waals surface area contributed by atoms with Crippen molar-refractivity contribution in [1.29, 1.82) is 0 Å². The molecule has 8 nitrogen and oxygen atoms in total. The van der Waals surface area contributed by atoms with Gasteiger partial charge in [-0.1, -0.05) is 52.2 Å². The lowest BCUT2D eigenvalue weighted by molar-refractivity contribution is 0.0200. The maximum atomic E-state index is 14.6. The summed E-state index contributed by atoms with van der Waals surface area (Å²) in [5, 5.41) is 14.9. The Labute approximate surface area is 248 Å². The maximum Gasteiger partial charge on any atom is 0.344 e. The number of anilines is 1. The SMILES string of the molecule is O=C(O)c1cc(F)c2nc(N3C4CCC3CC(OC(=O)c3c(-c5c(Cl)cccc5Cl)noc3C3CCC3)C4)sc2c1. The lowest BCUT2D eigenvalue weighted by Crippen LogP contribution is -2.46. The molecule has 1 saturated carbocycles. The minimum absolute atomic E-state index is 0.0557. The third-order valence-corrected chi connectivity index (χ3v) is 10.1. The fourth-order valence-corrected chi connectivity index (χ4v) is 8.04. The first-order chi connectivity index (χ1) is 19.8. The number of thiazole rings is 1. The van der Waals surface area contributed by atoms with Crippen molar-refractivity contribution in [1.82, 2.24) is 10.1 Å². The number of carboxylic acids is 1. The van der Waals surface area contributed by atoms with Gasteiger partial charge in [-0.3, -0.25) is 0 Å². The van der Waals surface area contributed by atoms with Crippen LogP contribution in [0.25, 0.3) is 21.5 Å². The summed E-state index contributed by atoms with van der Waals surface area (Å²) in [6, 6.07) is 7.69. The van der Waals surface area contributed by atoms with Crippen LogP contribution in [-0.2, 0) is 4.74 Å². The fourth-order valence-electron chi connectivity index (χ4n) is 6.30. The van der Waals surface area contributed by atoms with Gasteiger partial charge in [0.1, 0.15) is 22.9 Å². The van der Waals surface area contributed by atoms with Gasteiger partial charge in [0.2, 0.25) is 0 Å². The van der Waals surface area contributed by atoms with Gasteiger partial charge in [0, 0.05) is 36.4 Å². The molecule has 1 aliphatic carbocycles. The Balaban J connectivity index is 1.14. The van der Waals surface area contributed by atoms with Crippen LogP contribution in [0.3, 0.4) is 0 Å². The third kappa shape index (κ3) is 4.56. The molecule has 0 amide bonds. The molecule has 4 aromatic rings. The van der Waals surface area contributed by atoms with Crippen LogP contribution in [-0.4, -0.2) is 45.4 Å². The van der Waals surface area contributed by atoms with Crippen LogP contribution in [0.4, 0.5) is 9.52 Å². The van der Waals surface area contributed by atoms with Crippen LogP contribution in [0.1, 0.15) is 77.3 Å². The van der Waals surface area contributed by atoms with Gasteiger partial charge in [-0.2, -0.15) is 0 Å². The van der Waals surface area contributed by atoms with Gasteiger partial charge >= 0.3 is 11.9 Å². The molecule has 7 rings (SSSR count). The molecule has 0 spiro atoms. The van der Waals surface area contributed by atoms with Gasteiger partial charge in [0.05, 0.1) is 20.3 Å². The first kappa shape index (κ1) is 26.7. The second kappa shape index (κ2) is 10.3. The predicted octanol–water partition coefficient (Wildman–Crippen LogP) is 7.72. The molecular formula is C29H24Cl2FN3O5S. The normalized spacial score (nSPS) is 22.2. The highest BCUT2D eigenvalue weighted by atomic mass is 35.5. The van der Waals surface area contributed by atoms with E-state index in [0.717, 1.165) is 38.2 Å². The highest BCUT2D eigenvalue weighted by Gasteiger charge is 2.44. The molecule has 2 saturated heterocycles. The van der Waals surface area contributed by atoms with E-state index in [1.807, 2.05) is 0 Å². The number of carboxylic acid groups (broad SMARTS) is 1. The van der Waals surface area contributed by atoms with Crippen molar-refractivity contribution in [3.05, 3.63) is 63.1 Å². The van der Waals surface area contributed by atoms with E-state index in [-0.39, 0.29) is 40.7 Å². The number of nitrogens with zero attached hydrogens (tertiary/aromatic N) is 3. The predicted molar refractivity (Wildman–Crippen MR) is 153 cm³/mol. The van der Waals surface area contributed by atoms with Crippen LogP contribution < -0.4 is 4.90 Å². The summed E-state index contributed by atoms with van der Waals surface area (Å²) in [5.41, 5.74) is 1.09. The number of aromatic carboxylic acids is 1. The molecule has 212 valence electrons. The molecule has 2 bridgehead atoms. The molecular weight excluding hydrogens is 592 g/mol. The molecule has 2 atom stereocenters. The Hall–Kier alpha value is -3.21. The molecule has 2 unspecified atom stereocenters. The summed E-state index contributed by atoms with van der Waals surface area (Å²) in [4.78, 5) is 31.9. The first-order valence-corrected chi connectivity index (χ1v) is 15.1. The topological polar surface area (TPSA) is 106 Å². The molecule has 12 heteroatoms. The maximum absolute atomic E-state index is 14.6. The van der Waals surface area contributed by atoms with Crippen molar-refractivity contribution < 1.29 is 28.3 Å². The van der Waals surface area contributed by atoms with Crippen molar-refractivity contribution >= 4 is 61.8 Å². The van der Waals surface area contributed by atoms with Gasteiger partial charge in [-0.25, -0.2) is 19.0 Å². The second-order valence-corrected chi connectivity index (χ2v) is 12.7. The highest BCUT2D eigenvalue weighted by Crippen LogP contribution is 2.46. The van der Waals surface area contributed by atoms with E-state index >= 15 is 0 Å². The Morgan fingerprint density at radius 3 is 2.44 bits per heavy atom. The molecule has 2 aromatic heterocycles. The second-order valence-electron chi connectivity index (χ2n) is 10.9. The number of halogens is 3. The van der Waals surface area contributed by atoms with E-state index in [1.54, 1.807) is 18.2 Å². The Bertz CT molecular complexity index is 1670. The van der Waals surface area contributed by atoms with Crippen molar-refractivity contribution in [2.45, 2.75) is 69.1 Å². The number of hydrogen-bond acceptors (Lipinski definition) is 8. The average molecular weight is 616 g/mol. The third-order valence-electron chi connectivity index (χ3n) is 8.47. The van der Waals surface area contributed by atoms with Gasteiger partial charge in [0.15, 0.2) is 16.7 Å². The first-order valence-electron chi connectivity index (χ1n) is 13.5. The minimum atomic E-state index is -1.18. The lowest BCUT2D eigenvalue weighted by atomic mass is 9.81. The summed E-state index contributed by atoms with van der Waals surface area (Å²) in [5.74, 6) is -1.72. The smallest absolute Gasteiger partial charge is 0.344 e. The number of carbonyl (C=O) groups is 2. The zero-order chi connectivity index (χ0) is 28.4. The van der Waals surface area contributed by atoms with Gasteiger partial charge in [-0.15, -0.1) is 0 Å². The van der Waals surface area contributed by atoms with Crippen molar-refractivity contribution in [3.63, 3.8) is 0 Å². The van der Waals surface area contributed by atoms with Crippen LogP contribution in [0, 0.1) is 5.82 Å². The summed E-state index contributed by atoms with van der Waals surface area (Å²) in [6.45, 7) is 0. The van der Waals surface area contributed by atoms with E-state index < -0.39 is 17.8 Å². The van der Waals surface area contributed by atoms with E-state index in [2.05, 4.69) is 15.0 Å². The summed E-state index contributed by atoms with van der Waals surface area (Å²) in [6.07, 6.45) is 5.49. The van der Waals surface area contributed by atoms with E-state index in [0.29, 0.717) is 49.7 Å². The number of carbonyl (C=O) groups excluding carboxylic acids is 1. The minimum Gasteiger partial charge on any atom is -0.478 e. The zero-order valence-electron chi connectivity index (χ0n) is 21.6. The molecule has 0 radical (unpaired) electrons. The molecule has 2 aromatic carbocycles. The number of hydrogen-bond donors (Lipinski definition) is 1. The summed E-state index contributed by atoms with van der Waals surface area (Å²) in [7, 11) is 0. The Morgan fingerprint density at radius 1 is 1.10 bits per heavy atom. The molecule has 3 aliphatic rings. The van der Waals surface area contributed by atoms with Crippen LogP contribution in [0.2, 0.25) is 10.0 Å². The van der Waals surface area contributed by atoms with E-state index in [9.17, 15) is 19.1 Å². The van der Waals surface area contributed by atoms with E-state index in [4.69, 9.17) is 32.5 Å². The molecule has 1 N–H and O–H groups in total. The standard InChI is InChI=1S/C29H24Cl2FN3O5S/c30-18-5-2-6-19(31)22(18)25-23(26(40-34-25)13-3-1-4-13)28(38)39-17-11-15-7-8-16(12-17)35(15)29-33-24-20(32)9-14(27(36)37)10-21(24)41-29/h2,5-6,9-10,13,15-17H,1,3-4,7-8,11-12H2,(H,36,37).